The van der Waals surface area contributed by atoms with Crippen molar-refractivity contribution in [3.05, 3.63) is 87.5 Å². The van der Waals surface area contributed by atoms with Gasteiger partial charge in [0.1, 0.15) is 5.52 Å². The summed E-state index contributed by atoms with van der Waals surface area (Å²) in [4.78, 5) is 27.8. The van der Waals surface area contributed by atoms with Gasteiger partial charge in [-0.2, -0.15) is 0 Å². The second-order valence-electron chi connectivity index (χ2n) is 8.30. The molecule has 9 heteroatoms. The topological polar surface area (TPSA) is 110 Å². The molecule has 178 valence electrons. The predicted octanol–water partition coefficient (Wildman–Crippen LogP) is 6.35. The molecule has 0 aliphatic carbocycles. The number of anilines is 1. The molecule has 0 aliphatic rings. The van der Waals surface area contributed by atoms with E-state index in [0.717, 1.165) is 17.5 Å². The van der Waals surface area contributed by atoms with Crippen LogP contribution in [0.5, 0.6) is 0 Å². The van der Waals surface area contributed by atoms with Gasteiger partial charge >= 0.3 is 0 Å². The van der Waals surface area contributed by atoms with E-state index < -0.39 is 10.8 Å². The van der Waals surface area contributed by atoms with Crippen molar-refractivity contribution in [1.29, 1.82) is 0 Å². The van der Waals surface area contributed by atoms with Crippen LogP contribution in [-0.2, 0) is 0 Å². The molecule has 1 aromatic heterocycles. The molecular formula is C26H24N4O4S. The van der Waals surface area contributed by atoms with E-state index in [2.05, 4.69) is 41.6 Å². The van der Waals surface area contributed by atoms with Gasteiger partial charge in [-0.3, -0.25) is 20.2 Å². The molecule has 35 heavy (non-hydrogen) atoms. The number of carbonyl (C=O) groups excluding carboxylic acids is 1. The van der Waals surface area contributed by atoms with Gasteiger partial charge in [0.25, 0.3) is 11.6 Å². The van der Waals surface area contributed by atoms with Crippen molar-refractivity contribution in [2.75, 3.05) is 5.32 Å². The Morgan fingerprint density at radius 1 is 1.17 bits per heavy atom. The summed E-state index contributed by atoms with van der Waals surface area (Å²) >= 11 is 5.27. The number of nitro groups is 1. The molecule has 1 atom stereocenters. The summed E-state index contributed by atoms with van der Waals surface area (Å²) in [5.74, 6) is 0.374. The largest absolute Gasteiger partial charge is 0.436 e. The van der Waals surface area contributed by atoms with Gasteiger partial charge in [-0.15, -0.1) is 0 Å². The first-order chi connectivity index (χ1) is 16.7. The van der Waals surface area contributed by atoms with Crippen molar-refractivity contribution >= 4 is 45.7 Å². The van der Waals surface area contributed by atoms with Crippen molar-refractivity contribution in [3.8, 4) is 11.5 Å². The van der Waals surface area contributed by atoms with Crippen LogP contribution < -0.4 is 10.6 Å². The Kier molecular flexibility index (Phi) is 6.88. The van der Waals surface area contributed by atoms with Gasteiger partial charge in [-0.05, 0) is 73.4 Å². The van der Waals surface area contributed by atoms with Gasteiger partial charge in [0.2, 0.25) is 5.89 Å². The Morgan fingerprint density at radius 2 is 1.97 bits per heavy atom. The molecule has 0 radical (unpaired) electrons. The number of hydrogen-bond acceptors (Lipinski definition) is 6. The molecular weight excluding hydrogens is 464 g/mol. The third-order valence-electron chi connectivity index (χ3n) is 5.86. The number of carbonyl (C=O) groups is 1. The smallest absolute Gasteiger partial charge is 0.273 e. The lowest BCUT2D eigenvalue weighted by Crippen LogP contribution is -2.34. The molecule has 1 amide bonds. The van der Waals surface area contributed by atoms with E-state index in [4.69, 9.17) is 16.6 Å². The number of aryl methyl sites for hydroxylation is 1. The zero-order valence-electron chi connectivity index (χ0n) is 19.5. The maximum atomic E-state index is 12.5. The van der Waals surface area contributed by atoms with Crippen LogP contribution in [0.2, 0.25) is 0 Å². The minimum atomic E-state index is -0.544. The van der Waals surface area contributed by atoms with E-state index >= 15 is 0 Å². The SMILES string of the molecule is CC[C@H](C)c1ccc2oc(-c3cccc(NC(=S)NC(=O)c4ccc(C)c([N+](=O)[O-])c4)c3)nc2c1. The Labute approximate surface area is 207 Å². The van der Waals surface area contributed by atoms with Gasteiger partial charge in [0.15, 0.2) is 10.7 Å². The van der Waals surface area contributed by atoms with E-state index in [9.17, 15) is 14.9 Å². The summed E-state index contributed by atoms with van der Waals surface area (Å²) in [6.45, 7) is 5.94. The van der Waals surface area contributed by atoms with Crippen LogP contribution >= 0.6 is 12.2 Å². The van der Waals surface area contributed by atoms with E-state index in [1.165, 1.54) is 23.8 Å². The first kappa shape index (κ1) is 24.0. The minimum Gasteiger partial charge on any atom is -0.436 e. The minimum absolute atomic E-state index is 0.0612. The van der Waals surface area contributed by atoms with Crippen molar-refractivity contribution in [1.82, 2.24) is 10.3 Å². The van der Waals surface area contributed by atoms with Crippen LogP contribution in [0.15, 0.2) is 65.1 Å². The number of rotatable bonds is 6. The van der Waals surface area contributed by atoms with Crippen LogP contribution in [0.1, 0.15) is 47.7 Å². The van der Waals surface area contributed by atoms with Crippen LogP contribution in [0, 0.1) is 17.0 Å². The summed E-state index contributed by atoms with van der Waals surface area (Å²) in [5, 5.41) is 16.7. The number of oxazole rings is 1. The van der Waals surface area contributed by atoms with E-state index in [1.54, 1.807) is 13.0 Å². The monoisotopic (exact) mass is 488 g/mol. The highest BCUT2D eigenvalue weighted by molar-refractivity contribution is 7.80. The molecule has 0 aliphatic heterocycles. The molecule has 4 aromatic rings. The fourth-order valence-electron chi connectivity index (χ4n) is 3.63. The van der Waals surface area contributed by atoms with Gasteiger partial charge in [-0.1, -0.05) is 32.0 Å². The molecule has 1 heterocycles. The van der Waals surface area contributed by atoms with E-state index in [-0.39, 0.29) is 16.4 Å². The summed E-state index contributed by atoms with van der Waals surface area (Å²) in [6.07, 6.45) is 1.04. The number of nitrogens with one attached hydrogen (secondary N) is 2. The number of hydrogen-bond donors (Lipinski definition) is 2. The normalized spacial score (nSPS) is 11.7. The molecule has 0 saturated carbocycles. The lowest BCUT2D eigenvalue weighted by atomic mass is 9.98. The maximum Gasteiger partial charge on any atom is 0.273 e. The molecule has 0 fully saturated rings. The number of fused-ring (bicyclic) bond motifs is 1. The molecule has 0 spiro atoms. The highest BCUT2D eigenvalue weighted by atomic mass is 32.1. The second kappa shape index (κ2) is 10.0. The Hall–Kier alpha value is -4.11. The second-order valence-corrected chi connectivity index (χ2v) is 8.71. The molecule has 3 aromatic carbocycles. The maximum absolute atomic E-state index is 12.5. The third-order valence-corrected chi connectivity index (χ3v) is 6.06. The van der Waals surface area contributed by atoms with E-state index in [1.807, 2.05) is 24.3 Å². The molecule has 0 unspecified atom stereocenters. The molecule has 2 N–H and O–H groups in total. The predicted molar refractivity (Wildman–Crippen MR) is 140 cm³/mol. The van der Waals surface area contributed by atoms with Gasteiger partial charge in [0, 0.05) is 28.4 Å². The first-order valence-electron chi connectivity index (χ1n) is 11.1. The number of nitro benzene ring substituents is 1. The van der Waals surface area contributed by atoms with Crippen LogP contribution in [0.3, 0.4) is 0 Å². The average molecular weight is 489 g/mol. The fourth-order valence-corrected chi connectivity index (χ4v) is 3.84. The Balaban J connectivity index is 1.48. The highest BCUT2D eigenvalue weighted by Gasteiger charge is 2.16. The number of amides is 1. The number of thiocarbonyl (C=S) groups is 1. The van der Waals surface area contributed by atoms with Crippen molar-refractivity contribution in [3.63, 3.8) is 0 Å². The zero-order chi connectivity index (χ0) is 25.1. The standard InChI is InChI=1S/C26H24N4O4S/c1-4-15(2)17-10-11-23-21(13-17)28-25(34-23)19-6-5-7-20(12-19)27-26(35)29-24(31)18-9-8-16(3)22(14-18)30(32)33/h5-15H,4H2,1-3H3,(H2,27,29,31,35)/t15-/m0/s1. The van der Waals surface area contributed by atoms with E-state index in [0.29, 0.717) is 28.6 Å². The lowest BCUT2D eigenvalue weighted by Gasteiger charge is -2.10. The first-order valence-corrected chi connectivity index (χ1v) is 11.5. The Bertz CT molecular complexity index is 1450. The molecule has 4 rings (SSSR count). The van der Waals surface area contributed by atoms with Gasteiger partial charge in [0.05, 0.1) is 4.92 Å². The summed E-state index contributed by atoms with van der Waals surface area (Å²) in [7, 11) is 0. The fraction of sp³-hybridized carbons (Fsp3) is 0.192. The summed E-state index contributed by atoms with van der Waals surface area (Å²) in [5.41, 5.74) is 4.59. The third kappa shape index (κ3) is 5.36. The number of aromatic nitrogens is 1. The van der Waals surface area contributed by atoms with Crippen molar-refractivity contribution in [2.24, 2.45) is 0 Å². The Morgan fingerprint density at radius 3 is 2.71 bits per heavy atom. The van der Waals surface area contributed by atoms with Crippen LogP contribution in [-0.4, -0.2) is 20.9 Å². The van der Waals surface area contributed by atoms with Gasteiger partial charge < -0.3 is 9.73 Å². The summed E-state index contributed by atoms with van der Waals surface area (Å²) < 4.78 is 5.95. The molecule has 0 bridgehead atoms. The van der Waals surface area contributed by atoms with Gasteiger partial charge in [-0.25, -0.2) is 4.98 Å². The van der Waals surface area contributed by atoms with Crippen molar-refractivity contribution < 1.29 is 14.1 Å². The van der Waals surface area contributed by atoms with Crippen LogP contribution in [0.4, 0.5) is 11.4 Å². The quantitative estimate of drug-likeness (QED) is 0.185. The van der Waals surface area contributed by atoms with Crippen LogP contribution in [0.25, 0.3) is 22.6 Å². The lowest BCUT2D eigenvalue weighted by molar-refractivity contribution is -0.385. The van der Waals surface area contributed by atoms with Crippen molar-refractivity contribution in [2.45, 2.75) is 33.1 Å². The summed E-state index contributed by atoms with van der Waals surface area (Å²) in [6, 6.07) is 17.6. The molecule has 8 nitrogen and oxygen atoms in total. The number of benzene rings is 3. The zero-order valence-corrected chi connectivity index (χ0v) is 20.3. The highest BCUT2D eigenvalue weighted by Crippen LogP contribution is 2.29. The number of nitrogens with zero attached hydrogens (tertiary/aromatic N) is 2. The average Bonchev–Trinajstić information content (AvgIpc) is 3.27. The molecule has 0 saturated heterocycles.